The molecule has 0 aliphatic heterocycles. The predicted octanol–water partition coefficient (Wildman–Crippen LogP) is 1.15. The predicted molar refractivity (Wildman–Crippen MR) is 62.4 cm³/mol. The topological polar surface area (TPSA) is 71.4 Å². The van der Waals surface area contributed by atoms with Gasteiger partial charge in [-0.15, -0.1) is 0 Å². The van der Waals surface area contributed by atoms with Gasteiger partial charge in [-0.05, 0) is 26.7 Å². The summed E-state index contributed by atoms with van der Waals surface area (Å²) in [6.45, 7) is 6.14. The van der Waals surface area contributed by atoms with Crippen LogP contribution in [0, 0.1) is 17.8 Å². The van der Waals surface area contributed by atoms with Crippen LogP contribution >= 0.6 is 0 Å². The molecular formula is C13H20O4. The van der Waals surface area contributed by atoms with Crippen molar-refractivity contribution in [2.24, 2.45) is 17.8 Å². The van der Waals surface area contributed by atoms with E-state index < -0.39 is 17.4 Å². The van der Waals surface area contributed by atoms with Crippen molar-refractivity contribution in [2.45, 2.75) is 46.1 Å². The SMILES string of the molecule is CCC1C(C(C)=O)C(=O)CC(C)(O)C1C(C)=O. The number of Topliss-reactive ketones (excluding diaryl/α,β-unsaturated/α-hetero) is 3. The molecule has 1 rings (SSSR count). The number of aliphatic hydroxyl groups is 1. The molecule has 17 heavy (non-hydrogen) atoms. The smallest absolute Gasteiger partial charge is 0.146 e. The lowest BCUT2D eigenvalue weighted by molar-refractivity contribution is -0.156. The van der Waals surface area contributed by atoms with E-state index in [4.69, 9.17) is 0 Å². The van der Waals surface area contributed by atoms with Crippen LogP contribution < -0.4 is 0 Å². The van der Waals surface area contributed by atoms with Gasteiger partial charge in [0.1, 0.15) is 17.3 Å². The van der Waals surface area contributed by atoms with E-state index in [2.05, 4.69) is 0 Å². The molecule has 0 amide bonds. The van der Waals surface area contributed by atoms with Gasteiger partial charge >= 0.3 is 0 Å². The Morgan fingerprint density at radius 2 is 1.88 bits per heavy atom. The third kappa shape index (κ3) is 2.46. The zero-order valence-electron chi connectivity index (χ0n) is 10.8. The summed E-state index contributed by atoms with van der Waals surface area (Å²) in [5.74, 6) is -2.33. The van der Waals surface area contributed by atoms with Gasteiger partial charge in [0.15, 0.2) is 0 Å². The molecule has 1 saturated carbocycles. The van der Waals surface area contributed by atoms with Crippen molar-refractivity contribution < 1.29 is 19.5 Å². The molecular weight excluding hydrogens is 220 g/mol. The normalized spacial score (nSPS) is 37.9. The first-order chi connectivity index (χ1) is 7.72. The van der Waals surface area contributed by atoms with E-state index in [1.165, 1.54) is 20.8 Å². The number of ketones is 3. The van der Waals surface area contributed by atoms with Crippen molar-refractivity contribution in [2.75, 3.05) is 0 Å². The average molecular weight is 240 g/mol. The summed E-state index contributed by atoms with van der Waals surface area (Å²) in [4.78, 5) is 35.1. The molecule has 0 saturated heterocycles. The second kappa shape index (κ2) is 4.69. The van der Waals surface area contributed by atoms with Crippen LogP contribution in [0.2, 0.25) is 0 Å². The van der Waals surface area contributed by atoms with Gasteiger partial charge < -0.3 is 5.11 Å². The minimum atomic E-state index is -1.32. The molecule has 0 radical (unpaired) electrons. The molecule has 0 aromatic rings. The van der Waals surface area contributed by atoms with Crippen molar-refractivity contribution in [1.82, 2.24) is 0 Å². The maximum absolute atomic E-state index is 11.9. The maximum atomic E-state index is 11.9. The summed E-state index contributed by atoms with van der Waals surface area (Å²) in [5, 5.41) is 10.2. The van der Waals surface area contributed by atoms with Crippen LogP contribution in [0.3, 0.4) is 0 Å². The Hall–Kier alpha value is -1.03. The number of carbonyl (C=O) groups excluding carboxylic acids is 3. The molecule has 4 heteroatoms. The van der Waals surface area contributed by atoms with E-state index in [0.717, 1.165) is 0 Å². The van der Waals surface area contributed by atoms with E-state index in [1.54, 1.807) is 0 Å². The molecule has 0 spiro atoms. The van der Waals surface area contributed by atoms with Crippen LogP contribution in [0.5, 0.6) is 0 Å². The fourth-order valence-corrected chi connectivity index (χ4v) is 3.20. The molecule has 1 N–H and O–H groups in total. The van der Waals surface area contributed by atoms with Crippen LogP contribution in [-0.2, 0) is 14.4 Å². The first-order valence-electron chi connectivity index (χ1n) is 5.98. The Morgan fingerprint density at radius 1 is 1.35 bits per heavy atom. The summed E-state index contributed by atoms with van der Waals surface area (Å²) >= 11 is 0. The number of hydrogen-bond acceptors (Lipinski definition) is 4. The minimum absolute atomic E-state index is 0.113. The second-order valence-corrected chi connectivity index (χ2v) is 5.25. The number of carbonyl (C=O) groups is 3. The fourth-order valence-electron chi connectivity index (χ4n) is 3.20. The van der Waals surface area contributed by atoms with Gasteiger partial charge in [0.2, 0.25) is 0 Å². The molecule has 1 aliphatic rings. The lowest BCUT2D eigenvalue weighted by Gasteiger charge is -2.43. The van der Waals surface area contributed by atoms with Gasteiger partial charge in [-0.2, -0.15) is 0 Å². The summed E-state index contributed by atoms with van der Waals surface area (Å²) < 4.78 is 0. The van der Waals surface area contributed by atoms with Gasteiger partial charge in [0.25, 0.3) is 0 Å². The van der Waals surface area contributed by atoms with Crippen molar-refractivity contribution >= 4 is 17.3 Å². The van der Waals surface area contributed by atoms with Gasteiger partial charge in [-0.3, -0.25) is 14.4 Å². The Balaban J connectivity index is 3.20. The van der Waals surface area contributed by atoms with E-state index >= 15 is 0 Å². The van der Waals surface area contributed by atoms with E-state index in [-0.39, 0.29) is 29.7 Å². The molecule has 4 nitrogen and oxygen atoms in total. The Bertz CT molecular complexity index is 356. The highest BCUT2D eigenvalue weighted by Gasteiger charge is 2.52. The molecule has 4 atom stereocenters. The molecule has 0 bridgehead atoms. The summed E-state index contributed by atoms with van der Waals surface area (Å²) in [5.41, 5.74) is -1.32. The molecule has 1 aliphatic carbocycles. The van der Waals surface area contributed by atoms with Crippen molar-refractivity contribution in [3.05, 3.63) is 0 Å². The quantitative estimate of drug-likeness (QED) is 0.751. The van der Waals surface area contributed by atoms with E-state index in [1.807, 2.05) is 6.92 Å². The van der Waals surface area contributed by atoms with Crippen molar-refractivity contribution in [3.63, 3.8) is 0 Å². The molecule has 0 aromatic carbocycles. The van der Waals surface area contributed by atoms with Gasteiger partial charge in [-0.25, -0.2) is 0 Å². The summed E-state index contributed by atoms with van der Waals surface area (Å²) in [6, 6.07) is 0. The first kappa shape index (κ1) is 14.0. The van der Waals surface area contributed by atoms with Crippen LogP contribution in [0.1, 0.15) is 40.5 Å². The van der Waals surface area contributed by atoms with Crippen LogP contribution in [0.4, 0.5) is 0 Å². The third-order valence-electron chi connectivity index (χ3n) is 3.75. The highest BCUT2D eigenvalue weighted by atomic mass is 16.3. The molecule has 0 heterocycles. The van der Waals surface area contributed by atoms with Crippen molar-refractivity contribution in [1.29, 1.82) is 0 Å². The monoisotopic (exact) mass is 240 g/mol. The Labute approximate surface area is 101 Å². The fraction of sp³-hybridized carbons (Fsp3) is 0.769. The number of rotatable bonds is 3. The molecule has 96 valence electrons. The standard InChI is InChI=1S/C13H20O4/c1-5-9-11(7(2)14)10(16)6-13(4,17)12(9)8(3)15/h9,11-12,17H,5-6H2,1-4H3. The number of hydrogen-bond donors (Lipinski definition) is 1. The zero-order chi connectivity index (χ0) is 13.4. The van der Waals surface area contributed by atoms with E-state index in [0.29, 0.717) is 6.42 Å². The van der Waals surface area contributed by atoms with Crippen LogP contribution in [0.25, 0.3) is 0 Å². The summed E-state index contributed by atoms with van der Waals surface area (Å²) in [6.07, 6.45) is 0.425. The van der Waals surface area contributed by atoms with Crippen molar-refractivity contribution in [3.8, 4) is 0 Å². The lowest BCUT2D eigenvalue weighted by Crippen LogP contribution is -2.54. The molecule has 0 aromatic heterocycles. The lowest BCUT2D eigenvalue weighted by atomic mass is 9.61. The average Bonchev–Trinajstić information content (AvgIpc) is 2.12. The minimum Gasteiger partial charge on any atom is -0.389 e. The van der Waals surface area contributed by atoms with Crippen LogP contribution in [-0.4, -0.2) is 28.1 Å². The van der Waals surface area contributed by atoms with E-state index in [9.17, 15) is 19.5 Å². The Morgan fingerprint density at radius 3 is 2.24 bits per heavy atom. The van der Waals surface area contributed by atoms with Gasteiger partial charge in [0.05, 0.1) is 17.4 Å². The zero-order valence-corrected chi connectivity index (χ0v) is 10.8. The third-order valence-corrected chi connectivity index (χ3v) is 3.75. The molecule has 4 unspecified atom stereocenters. The highest BCUT2D eigenvalue weighted by Crippen LogP contribution is 2.42. The largest absolute Gasteiger partial charge is 0.389 e. The second-order valence-electron chi connectivity index (χ2n) is 5.25. The van der Waals surface area contributed by atoms with Gasteiger partial charge in [-0.1, -0.05) is 13.3 Å². The first-order valence-corrected chi connectivity index (χ1v) is 5.98. The Kier molecular flexibility index (Phi) is 3.87. The summed E-state index contributed by atoms with van der Waals surface area (Å²) in [7, 11) is 0. The van der Waals surface area contributed by atoms with Gasteiger partial charge in [0, 0.05) is 6.42 Å². The molecule has 1 fully saturated rings. The highest BCUT2D eigenvalue weighted by molar-refractivity contribution is 6.04. The van der Waals surface area contributed by atoms with Crippen LogP contribution in [0.15, 0.2) is 0 Å². The maximum Gasteiger partial charge on any atom is 0.146 e.